The molecule has 6 nitrogen and oxygen atoms in total. The van der Waals surface area contributed by atoms with E-state index in [4.69, 9.17) is 5.11 Å². The van der Waals surface area contributed by atoms with Crippen LogP contribution in [-0.2, 0) is 16.8 Å². The molecule has 2 rings (SSSR count). The maximum Gasteiger partial charge on any atom is 0.279 e. The Morgan fingerprint density at radius 3 is 3.11 bits per heavy atom. The molecule has 1 fully saturated rings. The van der Waals surface area contributed by atoms with E-state index in [1.54, 1.807) is 6.20 Å². The van der Waals surface area contributed by atoms with Crippen LogP contribution in [0.5, 0.6) is 0 Å². The van der Waals surface area contributed by atoms with Gasteiger partial charge in [0.2, 0.25) is 0 Å². The third-order valence-corrected chi connectivity index (χ3v) is 5.27. The SMILES string of the molecule is O=S(=O)(NCc1nccs1)N1CCCC(CO)C1. The first-order valence-corrected chi connectivity index (χ1v) is 8.18. The van der Waals surface area contributed by atoms with E-state index in [-0.39, 0.29) is 19.1 Å². The molecule has 0 aliphatic carbocycles. The zero-order chi connectivity index (χ0) is 13.0. The monoisotopic (exact) mass is 291 g/mol. The van der Waals surface area contributed by atoms with Crippen molar-refractivity contribution in [2.75, 3.05) is 19.7 Å². The van der Waals surface area contributed by atoms with Crippen LogP contribution < -0.4 is 4.72 Å². The quantitative estimate of drug-likeness (QED) is 0.811. The van der Waals surface area contributed by atoms with Crippen LogP contribution in [0, 0.1) is 5.92 Å². The van der Waals surface area contributed by atoms with Crippen LogP contribution in [0.2, 0.25) is 0 Å². The Balaban J connectivity index is 1.93. The normalized spacial score (nSPS) is 22.2. The number of nitrogens with zero attached hydrogens (tertiary/aromatic N) is 2. The number of aromatic nitrogens is 1. The van der Waals surface area contributed by atoms with Gasteiger partial charge in [-0.05, 0) is 18.8 Å². The zero-order valence-corrected chi connectivity index (χ0v) is 11.6. The van der Waals surface area contributed by atoms with Gasteiger partial charge in [-0.15, -0.1) is 11.3 Å². The molecule has 2 N–H and O–H groups in total. The van der Waals surface area contributed by atoms with Gasteiger partial charge in [-0.1, -0.05) is 0 Å². The average molecular weight is 291 g/mol. The maximum absolute atomic E-state index is 12.1. The largest absolute Gasteiger partial charge is 0.396 e. The van der Waals surface area contributed by atoms with Crippen molar-refractivity contribution in [3.63, 3.8) is 0 Å². The van der Waals surface area contributed by atoms with Gasteiger partial charge in [0.25, 0.3) is 10.2 Å². The van der Waals surface area contributed by atoms with Crippen molar-refractivity contribution < 1.29 is 13.5 Å². The molecule has 0 radical (unpaired) electrons. The summed E-state index contributed by atoms with van der Waals surface area (Å²) in [4.78, 5) is 4.03. The van der Waals surface area contributed by atoms with Crippen LogP contribution in [0.3, 0.4) is 0 Å². The van der Waals surface area contributed by atoms with Gasteiger partial charge >= 0.3 is 0 Å². The summed E-state index contributed by atoms with van der Waals surface area (Å²) < 4.78 is 28.1. The van der Waals surface area contributed by atoms with E-state index in [2.05, 4.69) is 9.71 Å². The van der Waals surface area contributed by atoms with Gasteiger partial charge in [0, 0.05) is 31.3 Å². The number of hydrogen-bond acceptors (Lipinski definition) is 5. The minimum atomic E-state index is -3.46. The van der Waals surface area contributed by atoms with E-state index in [1.807, 2.05) is 5.38 Å². The predicted octanol–water partition coefficient (Wildman–Crippen LogP) is 0.182. The molecule has 0 aromatic carbocycles. The van der Waals surface area contributed by atoms with Crippen LogP contribution in [0.15, 0.2) is 11.6 Å². The Morgan fingerprint density at radius 2 is 2.44 bits per heavy atom. The molecule has 102 valence electrons. The number of rotatable bonds is 5. The average Bonchev–Trinajstić information content (AvgIpc) is 2.90. The van der Waals surface area contributed by atoms with E-state index in [1.165, 1.54) is 15.6 Å². The summed E-state index contributed by atoms with van der Waals surface area (Å²) >= 11 is 1.42. The first-order chi connectivity index (χ1) is 8.62. The Kier molecular flexibility index (Phi) is 4.68. The Bertz CT molecular complexity index is 461. The van der Waals surface area contributed by atoms with Crippen molar-refractivity contribution in [1.29, 1.82) is 0 Å². The summed E-state index contributed by atoms with van der Waals surface area (Å²) in [5.41, 5.74) is 0. The maximum atomic E-state index is 12.1. The summed E-state index contributed by atoms with van der Waals surface area (Å²) in [7, 11) is -3.46. The Labute approximate surface area is 111 Å². The molecule has 1 saturated heterocycles. The zero-order valence-electron chi connectivity index (χ0n) is 9.95. The summed E-state index contributed by atoms with van der Waals surface area (Å²) in [5, 5.41) is 11.7. The number of hydrogen-bond donors (Lipinski definition) is 2. The molecule has 1 aromatic rings. The van der Waals surface area contributed by atoms with Crippen molar-refractivity contribution in [2.45, 2.75) is 19.4 Å². The highest BCUT2D eigenvalue weighted by molar-refractivity contribution is 7.87. The fraction of sp³-hybridized carbons (Fsp3) is 0.700. The lowest BCUT2D eigenvalue weighted by atomic mass is 10.0. The molecule has 1 aliphatic rings. The van der Waals surface area contributed by atoms with Crippen LogP contribution in [0.1, 0.15) is 17.8 Å². The second-order valence-electron chi connectivity index (χ2n) is 4.30. The van der Waals surface area contributed by atoms with Gasteiger partial charge in [-0.2, -0.15) is 17.4 Å². The second kappa shape index (κ2) is 6.07. The third kappa shape index (κ3) is 3.48. The third-order valence-electron chi connectivity index (χ3n) is 2.97. The lowest BCUT2D eigenvalue weighted by Gasteiger charge is -2.30. The number of thiazole rings is 1. The summed E-state index contributed by atoms with van der Waals surface area (Å²) in [6, 6.07) is 0. The smallest absolute Gasteiger partial charge is 0.279 e. The minimum Gasteiger partial charge on any atom is -0.396 e. The van der Waals surface area contributed by atoms with E-state index in [9.17, 15) is 8.42 Å². The lowest BCUT2D eigenvalue weighted by Crippen LogP contribution is -2.46. The number of aliphatic hydroxyl groups excluding tert-OH is 1. The van der Waals surface area contributed by atoms with E-state index >= 15 is 0 Å². The minimum absolute atomic E-state index is 0.0402. The van der Waals surface area contributed by atoms with E-state index in [0.717, 1.165) is 17.8 Å². The predicted molar refractivity (Wildman–Crippen MR) is 69.3 cm³/mol. The van der Waals surface area contributed by atoms with Crippen molar-refractivity contribution in [1.82, 2.24) is 14.0 Å². The highest BCUT2D eigenvalue weighted by atomic mass is 32.2. The molecule has 1 unspecified atom stereocenters. The fourth-order valence-corrected chi connectivity index (χ4v) is 3.90. The molecule has 0 saturated carbocycles. The molecule has 0 amide bonds. The number of piperidine rings is 1. The number of aliphatic hydroxyl groups is 1. The van der Waals surface area contributed by atoms with Gasteiger partial charge in [0.1, 0.15) is 5.01 Å². The van der Waals surface area contributed by atoms with Crippen LogP contribution >= 0.6 is 11.3 Å². The highest BCUT2D eigenvalue weighted by Gasteiger charge is 2.28. The van der Waals surface area contributed by atoms with Gasteiger partial charge in [0.15, 0.2) is 0 Å². The molecular formula is C10H17N3O3S2. The molecule has 1 aliphatic heterocycles. The van der Waals surface area contributed by atoms with Crippen molar-refractivity contribution in [3.05, 3.63) is 16.6 Å². The lowest BCUT2D eigenvalue weighted by molar-refractivity contribution is 0.164. The Morgan fingerprint density at radius 1 is 1.61 bits per heavy atom. The van der Waals surface area contributed by atoms with Crippen molar-refractivity contribution in [3.8, 4) is 0 Å². The molecule has 8 heteroatoms. The summed E-state index contributed by atoms with van der Waals surface area (Å²) in [6.45, 7) is 1.17. The van der Waals surface area contributed by atoms with Crippen molar-refractivity contribution in [2.24, 2.45) is 5.92 Å². The molecule has 0 spiro atoms. The van der Waals surface area contributed by atoms with E-state index < -0.39 is 10.2 Å². The number of nitrogens with one attached hydrogen (secondary N) is 1. The van der Waals surface area contributed by atoms with Crippen molar-refractivity contribution >= 4 is 21.5 Å². The summed E-state index contributed by atoms with van der Waals surface area (Å²) in [5.74, 6) is 0.0511. The van der Waals surface area contributed by atoms with Gasteiger partial charge < -0.3 is 5.11 Å². The van der Waals surface area contributed by atoms with Gasteiger partial charge in [-0.3, -0.25) is 0 Å². The molecule has 1 aromatic heterocycles. The Hall–Kier alpha value is -0.540. The second-order valence-corrected chi connectivity index (χ2v) is 7.04. The molecule has 0 bridgehead atoms. The summed E-state index contributed by atoms with van der Waals surface area (Å²) in [6.07, 6.45) is 3.33. The van der Waals surface area contributed by atoms with Gasteiger partial charge in [0.05, 0.1) is 6.54 Å². The molecule has 1 atom stereocenters. The molecule has 18 heavy (non-hydrogen) atoms. The molecular weight excluding hydrogens is 274 g/mol. The first-order valence-electron chi connectivity index (χ1n) is 5.86. The van der Waals surface area contributed by atoms with Crippen LogP contribution in [0.25, 0.3) is 0 Å². The topological polar surface area (TPSA) is 82.5 Å². The standard InChI is InChI=1S/C10H17N3O3S2/c14-8-9-2-1-4-13(7-9)18(15,16)12-6-10-11-3-5-17-10/h3,5,9,12,14H,1-2,4,6-8H2. The fourth-order valence-electron chi connectivity index (χ4n) is 1.98. The van der Waals surface area contributed by atoms with Crippen LogP contribution in [0.4, 0.5) is 0 Å². The first kappa shape index (κ1) is 13.9. The van der Waals surface area contributed by atoms with Crippen LogP contribution in [-0.4, -0.2) is 42.5 Å². The van der Waals surface area contributed by atoms with E-state index in [0.29, 0.717) is 13.1 Å². The highest BCUT2D eigenvalue weighted by Crippen LogP contribution is 2.18. The molecule has 2 heterocycles. The van der Waals surface area contributed by atoms with Gasteiger partial charge in [-0.25, -0.2) is 4.98 Å².